The zero-order valence-corrected chi connectivity index (χ0v) is 29.0. The van der Waals surface area contributed by atoms with Crippen molar-refractivity contribution >= 4 is 44.3 Å². The molecule has 48 heavy (non-hydrogen) atoms. The third-order valence-electron chi connectivity index (χ3n) is 11.1. The van der Waals surface area contributed by atoms with Crippen LogP contribution in [-0.4, -0.2) is 59.7 Å². The molecule has 0 radical (unpaired) electrons. The van der Waals surface area contributed by atoms with Gasteiger partial charge in [0.05, 0.1) is 33.6 Å². The molecule has 3 aromatic carbocycles. The quantitative estimate of drug-likeness (QED) is 0.191. The number of amides is 1. The molecule has 2 bridgehead atoms. The number of aromatic nitrogens is 2. The molecule has 3 heterocycles. The van der Waals surface area contributed by atoms with E-state index in [0.29, 0.717) is 18.1 Å². The van der Waals surface area contributed by atoms with Gasteiger partial charge in [-0.3, -0.25) is 14.4 Å². The number of nitrogens with one attached hydrogen (secondary N) is 2. The lowest BCUT2D eigenvalue weighted by atomic mass is 9.66. The first-order valence-corrected chi connectivity index (χ1v) is 19.3. The molecule has 3 atom stereocenters. The van der Waals surface area contributed by atoms with Crippen LogP contribution < -0.4 is 10.0 Å². The van der Waals surface area contributed by atoms with E-state index in [4.69, 9.17) is 16.6 Å². The number of sulfonamides is 1. The highest BCUT2D eigenvalue weighted by Crippen LogP contribution is 2.46. The number of anilines is 1. The normalized spacial score (nSPS) is 26.1. The molecule has 3 aliphatic rings. The summed E-state index contributed by atoms with van der Waals surface area (Å²) in [6.07, 6.45) is 10.2. The van der Waals surface area contributed by atoms with E-state index in [2.05, 4.69) is 81.0 Å². The fourth-order valence-corrected chi connectivity index (χ4v) is 9.67. The van der Waals surface area contributed by atoms with Crippen molar-refractivity contribution in [1.29, 1.82) is 0 Å². The van der Waals surface area contributed by atoms with Crippen LogP contribution in [0.4, 0.5) is 10.1 Å². The summed E-state index contributed by atoms with van der Waals surface area (Å²) in [7, 11) is -3.66. The maximum atomic E-state index is 14.8. The number of fused-ring (bicyclic) bond motifs is 3. The Morgan fingerprint density at radius 3 is 2.33 bits per heavy atom. The molecule has 0 spiro atoms. The number of halogens is 2. The van der Waals surface area contributed by atoms with Crippen molar-refractivity contribution in [2.24, 2.45) is 0 Å². The van der Waals surface area contributed by atoms with E-state index >= 15 is 0 Å². The van der Waals surface area contributed by atoms with Gasteiger partial charge in [0.15, 0.2) is 0 Å². The average molecular weight is 692 g/mol. The van der Waals surface area contributed by atoms with Crippen molar-refractivity contribution in [3.63, 3.8) is 0 Å². The van der Waals surface area contributed by atoms with Crippen LogP contribution >= 0.6 is 11.6 Å². The minimum atomic E-state index is -3.66. The summed E-state index contributed by atoms with van der Waals surface area (Å²) in [5, 5.41) is 2.91. The molecule has 1 amide bonds. The van der Waals surface area contributed by atoms with Crippen molar-refractivity contribution < 1.29 is 17.6 Å². The number of carbonyl (C=O) groups excluding carboxylic acids is 1. The maximum absolute atomic E-state index is 14.8. The lowest BCUT2D eigenvalue weighted by Crippen LogP contribution is -2.47. The van der Waals surface area contributed by atoms with E-state index in [1.165, 1.54) is 30.0 Å². The van der Waals surface area contributed by atoms with E-state index in [1.807, 2.05) is 0 Å². The maximum Gasteiger partial charge on any atom is 0.254 e. The van der Waals surface area contributed by atoms with Crippen LogP contribution in [0.5, 0.6) is 0 Å². The predicted molar refractivity (Wildman–Crippen MR) is 189 cm³/mol. The first-order chi connectivity index (χ1) is 23.0. The van der Waals surface area contributed by atoms with Gasteiger partial charge in [-0.25, -0.2) is 17.8 Å². The number of aryl methyl sites for hydroxylation is 1. The van der Waals surface area contributed by atoms with Crippen LogP contribution in [0.25, 0.3) is 11.0 Å². The zero-order chi connectivity index (χ0) is 33.6. The number of benzene rings is 3. The van der Waals surface area contributed by atoms with Gasteiger partial charge in [-0.05, 0) is 106 Å². The number of hydrogen-bond acceptors (Lipinski definition) is 5. The van der Waals surface area contributed by atoms with Crippen LogP contribution in [0.3, 0.4) is 0 Å². The van der Waals surface area contributed by atoms with E-state index in [0.717, 1.165) is 75.2 Å². The Kier molecular flexibility index (Phi) is 9.02. The predicted octanol–water partition coefficient (Wildman–Crippen LogP) is 7.38. The molecule has 2 aliphatic heterocycles. The smallest absolute Gasteiger partial charge is 0.254 e. The van der Waals surface area contributed by atoms with Crippen LogP contribution in [-0.2, 0) is 15.4 Å². The van der Waals surface area contributed by atoms with Gasteiger partial charge < -0.3 is 9.88 Å². The van der Waals surface area contributed by atoms with Crippen LogP contribution in [0.2, 0.25) is 5.02 Å². The summed E-state index contributed by atoms with van der Waals surface area (Å²) in [5.41, 5.74) is 3.40. The van der Waals surface area contributed by atoms with E-state index in [-0.39, 0.29) is 27.7 Å². The molecular formula is C37H43ClFN5O3S. The number of rotatable bonds is 9. The molecule has 1 unspecified atom stereocenters. The lowest BCUT2D eigenvalue weighted by Gasteiger charge is -2.45. The second kappa shape index (κ2) is 13.1. The highest BCUT2D eigenvalue weighted by molar-refractivity contribution is 7.92. The van der Waals surface area contributed by atoms with Crippen LogP contribution in [0, 0.1) is 12.7 Å². The van der Waals surface area contributed by atoms with Gasteiger partial charge in [0, 0.05) is 24.2 Å². The van der Waals surface area contributed by atoms with Crippen molar-refractivity contribution in [2.45, 2.75) is 94.3 Å². The molecular weight excluding hydrogens is 649 g/mol. The van der Waals surface area contributed by atoms with Gasteiger partial charge in [0.25, 0.3) is 5.91 Å². The number of hydrogen-bond donors (Lipinski definition) is 2. The summed E-state index contributed by atoms with van der Waals surface area (Å²) in [6, 6.07) is 22.9. The molecule has 11 heteroatoms. The number of piperidine rings is 1. The third-order valence-corrected chi connectivity index (χ3v) is 12.0. The first kappa shape index (κ1) is 33.0. The fraction of sp³-hybridized carbons (Fsp3) is 0.459. The summed E-state index contributed by atoms with van der Waals surface area (Å²) in [6.45, 7) is 3.18. The molecule has 1 aromatic heterocycles. The molecule has 1 aliphatic carbocycles. The van der Waals surface area contributed by atoms with Crippen LogP contribution in [0.15, 0.2) is 66.7 Å². The zero-order valence-electron chi connectivity index (χ0n) is 27.5. The van der Waals surface area contributed by atoms with Gasteiger partial charge in [0.2, 0.25) is 10.0 Å². The van der Waals surface area contributed by atoms with Gasteiger partial charge in [0.1, 0.15) is 11.6 Å². The topological polar surface area (TPSA) is 96.3 Å². The van der Waals surface area contributed by atoms with Crippen molar-refractivity contribution in [2.75, 3.05) is 17.5 Å². The molecule has 4 aromatic rings. The Hall–Kier alpha value is -3.47. The first-order valence-electron chi connectivity index (χ1n) is 17.0. The highest BCUT2D eigenvalue weighted by Gasteiger charge is 2.44. The minimum Gasteiger partial charge on any atom is -0.349 e. The number of para-hydroxylation sites is 2. The number of carbonyl (C=O) groups is 1. The minimum absolute atomic E-state index is 0.00594. The number of nitrogens with zero attached hydrogens (tertiary/aromatic N) is 3. The number of imidazole rings is 1. The Balaban J connectivity index is 1.03. The molecule has 2 N–H and O–H groups in total. The summed E-state index contributed by atoms with van der Waals surface area (Å²) >= 11 is 6.05. The molecule has 1 saturated carbocycles. The molecule has 3 fully saturated rings. The van der Waals surface area contributed by atoms with E-state index < -0.39 is 21.7 Å². The van der Waals surface area contributed by atoms with Gasteiger partial charge in [-0.1, -0.05) is 54.1 Å². The molecule has 254 valence electrons. The van der Waals surface area contributed by atoms with E-state index in [9.17, 15) is 17.6 Å². The van der Waals surface area contributed by atoms with Crippen molar-refractivity contribution in [3.8, 4) is 0 Å². The molecule has 8 nitrogen and oxygen atoms in total. The Labute approximate surface area is 287 Å². The summed E-state index contributed by atoms with van der Waals surface area (Å²) in [5.74, 6) is -0.259. The van der Waals surface area contributed by atoms with Crippen LogP contribution in [0.1, 0.15) is 85.6 Å². The average Bonchev–Trinajstić information content (AvgIpc) is 3.52. The second-order valence-corrected chi connectivity index (χ2v) is 16.3. The largest absolute Gasteiger partial charge is 0.349 e. The Morgan fingerprint density at radius 2 is 1.65 bits per heavy atom. The fourth-order valence-electron chi connectivity index (χ4n) is 8.84. The standard InChI is InChI=1S/C37H43ClFN5O3S/c1-24-40-33-10-6-7-11-35(33)44(24)29-20-27-12-13-28(21-29)43(27)19-18-37(25-8-4-3-5-9-25)16-14-26(15-17-37)41-36(45)30-22-34(42-48(2,46)47)31(38)23-32(30)39/h3-11,22-23,26-29,42H,12-21H2,1-2H3,(H,41,45)/t26?,27-,28+,29?,37?. The Morgan fingerprint density at radius 1 is 0.979 bits per heavy atom. The summed E-state index contributed by atoms with van der Waals surface area (Å²) < 4.78 is 43.1. The van der Waals surface area contributed by atoms with E-state index in [1.54, 1.807) is 0 Å². The SMILES string of the molecule is Cc1nc2ccccc2n1C1C[C@H]2CC[C@@H](C1)N2CCC1(c2ccccc2)CCC(NC(=O)c2cc(NS(C)(=O)=O)c(Cl)cc2F)CC1. The van der Waals surface area contributed by atoms with Gasteiger partial charge >= 0.3 is 0 Å². The molecule has 7 rings (SSSR count). The van der Waals surface area contributed by atoms with Crippen molar-refractivity contribution in [1.82, 2.24) is 19.8 Å². The third kappa shape index (κ3) is 6.59. The summed E-state index contributed by atoms with van der Waals surface area (Å²) in [4.78, 5) is 20.9. The molecule has 2 saturated heterocycles. The second-order valence-electron chi connectivity index (χ2n) is 14.1. The Bertz CT molecular complexity index is 1910. The highest BCUT2D eigenvalue weighted by atomic mass is 35.5. The lowest BCUT2D eigenvalue weighted by molar-refractivity contribution is 0.0849. The van der Waals surface area contributed by atoms with Gasteiger partial charge in [-0.2, -0.15) is 0 Å². The van der Waals surface area contributed by atoms with Crippen molar-refractivity contribution in [3.05, 3.63) is 94.5 Å². The monoisotopic (exact) mass is 691 g/mol. The van der Waals surface area contributed by atoms with Gasteiger partial charge in [-0.15, -0.1) is 0 Å².